The predicted molar refractivity (Wildman–Crippen MR) is 92.6 cm³/mol. The highest BCUT2D eigenvalue weighted by Gasteiger charge is 2.56. The van der Waals surface area contributed by atoms with Crippen LogP contribution in [0.1, 0.15) is 76.0 Å². The third-order valence-corrected chi connectivity index (χ3v) is 6.70. The van der Waals surface area contributed by atoms with Gasteiger partial charge in [-0.1, -0.05) is 33.3 Å². The van der Waals surface area contributed by atoms with E-state index in [4.69, 9.17) is 0 Å². The second-order valence-corrected chi connectivity index (χ2v) is 8.44. The molecule has 24 heavy (non-hydrogen) atoms. The van der Waals surface area contributed by atoms with Crippen molar-refractivity contribution < 1.29 is 20.1 Å². The van der Waals surface area contributed by atoms with Crippen molar-refractivity contribution in [1.29, 1.82) is 0 Å². The van der Waals surface area contributed by atoms with Crippen molar-refractivity contribution in [1.82, 2.24) is 0 Å². The van der Waals surface area contributed by atoms with Gasteiger partial charge >= 0.3 is 5.97 Å². The van der Waals surface area contributed by atoms with Gasteiger partial charge in [0.1, 0.15) is 0 Å². The van der Waals surface area contributed by atoms with Gasteiger partial charge in [0.2, 0.25) is 0 Å². The molecule has 0 spiro atoms. The molecule has 4 heteroatoms. The summed E-state index contributed by atoms with van der Waals surface area (Å²) < 4.78 is 0. The van der Waals surface area contributed by atoms with Crippen LogP contribution in [0.2, 0.25) is 0 Å². The Kier molecular flexibility index (Phi) is 3.85. The Morgan fingerprint density at radius 1 is 1.21 bits per heavy atom. The van der Waals surface area contributed by atoms with E-state index >= 15 is 0 Å². The normalized spacial score (nSPS) is 32.3. The molecule has 1 aromatic carbocycles. The molecule has 0 bridgehead atoms. The lowest BCUT2D eigenvalue weighted by atomic mass is 9.49. The van der Waals surface area contributed by atoms with Crippen LogP contribution >= 0.6 is 0 Å². The zero-order chi connectivity index (χ0) is 17.9. The van der Waals surface area contributed by atoms with Gasteiger partial charge in [0.25, 0.3) is 0 Å². The number of carbonyl (C=O) groups is 1. The molecule has 0 heterocycles. The fraction of sp³-hybridized carbons (Fsp3) is 0.650. The van der Waals surface area contributed by atoms with Crippen molar-refractivity contribution >= 4 is 5.97 Å². The molecular weight excluding hydrogens is 304 g/mol. The number of aliphatic carboxylic acids is 1. The number of hydrogen-bond acceptors (Lipinski definition) is 3. The number of phenolic OH excluding ortho intramolecular Hbond substituents is 2. The van der Waals surface area contributed by atoms with Crippen LogP contribution in [0.5, 0.6) is 11.5 Å². The topological polar surface area (TPSA) is 77.8 Å². The molecule has 0 aliphatic heterocycles. The molecular formula is C20H28O4. The fourth-order valence-electron chi connectivity index (χ4n) is 5.38. The minimum absolute atomic E-state index is 0.0288. The van der Waals surface area contributed by atoms with Crippen LogP contribution in [0.25, 0.3) is 0 Å². The number of rotatable bonds is 2. The Morgan fingerprint density at radius 2 is 1.88 bits per heavy atom. The highest BCUT2D eigenvalue weighted by Crippen LogP contribution is 2.60. The molecule has 1 fully saturated rings. The van der Waals surface area contributed by atoms with Gasteiger partial charge in [-0.3, -0.25) is 4.79 Å². The minimum Gasteiger partial charge on any atom is -0.504 e. The number of carboxylic acid groups (broad SMARTS) is 1. The Hall–Kier alpha value is -1.71. The van der Waals surface area contributed by atoms with Gasteiger partial charge in [0.15, 0.2) is 11.5 Å². The summed E-state index contributed by atoms with van der Waals surface area (Å²) in [5, 5.41) is 31.1. The third kappa shape index (κ3) is 2.15. The second kappa shape index (κ2) is 5.40. The summed E-state index contributed by atoms with van der Waals surface area (Å²) in [7, 11) is 0. The van der Waals surface area contributed by atoms with E-state index in [1.54, 1.807) is 0 Å². The molecule has 2 aliphatic carbocycles. The van der Waals surface area contributed by atoms with Crippen LogP contribution in [0.3, 0.4) is 0 Å². The molecule has 3 rings (SSSR count). The summed E-state index contributed by atoms with van der Waals surface area (Å²) in [6, 6.07) is 2.02. The first kappa shape index (κ1) is 17.1. The summed E-state index contributed by atoms with van der Waals surface area (Å²) in [6.45, 7) is 7.92. The number of phenols is 2. The number of aromatic hydroxyl groups is 2. The lowest BCUT2D eigenvalue weighted by molar-refractivity contribution is -0.157. The van der Waals surface area contributed by atoms with Crippen LogP contribution in [0.4, 0.5) is 0 Å². The van der Waals surface area contributed by atoms with E-state index in [9.17, 15) is 20.1 Å². The number of hydrogen-bond donors (Lipinski definition) is 3. The van der Waals surface area contributed by atoms with Gasteiger partial charge in [-0.05, 0) is 50.0 Å². The van der Waals surface area contributed by atoms with E-state index in [0.717, 1.165) is 42.4 Å². The molecule has 1 aromatic rings. The maximum Gasteiger partial charge on any atom is 0.309 e. The number of aryl methyl sites for hydroxylation is 1. The van der Waals surface area contributed by atoms with Crippen molar-refractivity contribution in [3.05, 3.63) is 22.8 Å². The van der Waals surface area contributed by atoms with Gasteiger partial charge in [-0.25, -0.2) is 0 Å². The van der Waals surface area contributed by atoms with Crippen molar-refractivity contribution in [3.63, 3.8) is 0 Å². The summed E-state index contributed by atoms with van der Waals surface area (Å²) >= 11 is 0. The van der Waals surface area contributed by atoms with Crippen molar-refractivity contribution in [3.8, 4) is 11.5 Å². The van der Waals surface area contributed by atoms with E-state index in [2.05, 4.69) is 6.92 Å². The average molecular weight is 332 g/mol. The Balaban J connectivity index is 2.20. The summed E-state index contributed by atoms with van der Waals surface area (Å²) in [5.41, 5.74) is 1.44. The largest absolute Gasteiger partial charge is 0.504 e. The lowest BCUT2D eigenvalue weighted by Gasteiger charge is -2.53. The van der Waals surface area contributed by atoms with E-state index in [1.165, 1.54) is 0 Å². The molecule has 4 nitrogen and oxygen atoms in total. The number of benzene rings is 1. The maximum atomic E-state index is 12.0. The molecule has 0 unspecified atom stereocenters. The minimum atomic E-state index is -0.774. The fourth-order valence-corrected chi connectivity index (χ4v) is 5.38. The summed E-state index contributed by atoms with van der Waals surface area (Å²) in [6.07, 6.45) is 3.91. The molecule has 2 aliphatic rings. The predicted octanol–water partition coefficient (Wildman–Crippen LogP) is 4.32. The van der Waals surface area contributed by atoms with Crippen molar-refractivity contribution in [2.45, 2.75) is 71.1 Å². The second-order valence-electron chi connectivity index (χ2n) is 8.44. The van der Waals surface area contributed by atoms with Gasteiger partial charge < -0.3 is 15.3 Å². The average Bonchev–Trinajstić information content (AvgIpc) is 2.49. The SMILES string of the molecule is CC(C)c1cc2c(c(O)c1O)[C@@]1(C)CCC[C@@](C)(C(=O)O)[C@@H]1CC2. The molecule has 0 radical (unpaired) electrons. The Labute approximate surface area is 143 Å². The highest BCUT2D eigenvalue weighted by molar-refractivity contribution is 5.75. The Bertz CT molecular complexity index is 693. The number of carboxylic acids is 1. The maximum absolute atomic E-state index is 12.0. The van der Waals surface area contributed by atoms with Crippen molar-refractivity contribution in [2.75, 3.05) is 0 Å². The molecule has 3 atom stereocenters. The third-order valence-electron chi connectivity index (χ3n) is 6.70. The first-order chi connectivity index (χ1) is 11.1. The van der Waals surface area contributed by atoms with Crippen LogP contribution in [-0.4, -0.2) is 21.3 Å². The molecule has 1 saturated carbocycles. The van der Waals surface area contributed by atoms with Gasteiger partial charge in [-0.15, -0.1) is 0 Å². The number of fused-ring (bicyclic) bond motifs is 3. The first-order valence-electron chi connectivity index (χ1n) is 8.94. The van der Waals surface area contributed by atoms with E-state index < -0.39 is 16.8 Å². The smallest absolute Gasteiger partial charge is 0.309 e. The van der Waals surface area contributed by atoms with Crippen LogP contribution in [-0.2, 0) is 16.6 Å². The van der Waals surface area contributed by atoms with Crippen LogP contribution in [0, 0.1) is 11.3 Å². The van der Waals surface area contributed by atoms with Crippen LogP contribution < -0.4 is 0 Å². The lowest BCUT2D eigenvalue weighted by Crippen LogP contribution is -2.52. The van der Waals surface area contributed by atoms with Gasteiger partial charge in [0, 0.05) is 16.5 Å². The van der Waals surface area contributed by atoms with Crippen LogP contribution in [0.15, 0.2) is 6.07 Å². The molecule has 3 N–H and O–H groups in total. The van der Waals surface area contributed by atoms with Gasteiger partial charge in [-0.2, -0.15) is 0 Å². The standard InChI is InChI=1S/C20H28O4/c1-11(2)13-10-12-6-7-14-19(3,15(12)17(22)16(13)21)8-5-9-20(14,4)18(23)24/h10-11,14,21-22H,5-9H2,1-4H3,(H,23,24)/t14-,19+,20-/m1/s1. The summed E-state index contributed by atoms with van der Waals surface area (Å²) in [4.78, 5) is 12.0. The van der Waals surface area contributed by atoms with Gasteiger partial charge in [0.05, 0.1) is 5.41 Å². The molecule has 0 amide bonds. The Morgan fingerprint density at radius 3 is 2.46 bits per heavy atom. The highest BCUT2D eigenvalue weighted by atomic mass is 16.4. The van der Waals surface area contributed by atoms with E-state index in [-0.39, 0.29) is 23.3 Å². The first-order valence-corrected chi connectivity index (χ1v) is 8.94. The zero-order valence-electron chi connectivity index (χ0n) is 15.0. The monoisotopic (exact) mass is 332 g/mol. The molecule has 0 saturated heterocycles. The van der Waals surface area contributed by atoms with E-state index in [1.807, 2.05) is 26.8 Å². The quantitative estimate of drug-likeness (QED) is 0.705. The molecule has 0 aromatic heterocycles. The summed E-state index contributed by atoms with van der Waals surface area (Å²) in [5.74, 6) is -0.711. The van der Waals surface area contributed by atoms with Crippen molar-refractivity contribution in [2.24, 2.45) is 11.3 Å². The zero-order valence-corrected chi connectivity index (χ0v) is 15.0. The molecule has 132 valence electrons. The van der Waals surface area contributed by atoms with E-state index in [0.29, 0.717) is 6.42 Å².